The number of hydrogen-bond donors (Lipinski definition) is 1. The summed E-state index contributed by atoms with van der Waals surface area (Å²) < 4.78 is 10.9. The lowest BCUT2D eigenvalue weighted by molar-refractivity contribution is 0.132. The number of hydrogen-bond acceptors (Lipinski definition) is 5. The second kappa shape index (κ2) is 8.69. The third-order valence-electron chi connectivity index (χ3n) is 2.50. The van der Waals surface area contributed by atoms with E-state index in [1.807, 2.05) is 19.9 Å². The number of ether oxygens (including phenoxy) is 2. The fraction of sp³-hybridized carbons (Fsp3) is 0.714. The van der Waals surface area contributed by atoms with E-state index in [1.165, 1.54) is 0 Å². The van der Waals surface area contributed by atoms with Crippen LogP contribution in [0.25, 0.3) is 0 Å². The first-order chi connectivity index (χ1) is 9.11. The van der Waals surface area contributed by atoms with Gasteiger partial charge in [-0.2, -0.15) is 4.98 Å². The van der Waals surface area contributed by atoms with E-state index in [4.69, 9.17) is 9.47 Å². The van der Waals surface area contributed by atoms with Crippen LogP contribution in [-0.4, -0.2) is 36.3 Å². The molecule has 5 heteroatoms. The lowest BCUT2D eigenvalue weighted by Crippen LogP contribution is -2.12. The molecule has 0 aliphatic carbocycles. The van der Waals surface area contributed by atoms with Gasteiger partial charge < -0.3 is 14.8 Å². The van der Waals surface area contributed by atoms with Crippen molar-refractivity contribution in [1.82, 2.24) is 9.97 Å². The molecule has 108 valence electrons. The standard InChI is InChI=1S/C14H25N3O2/c1-5-19-14-10-13(16-12(4)17-14)15-7-9-18-8-6-11(2)3/h10-11H,5-9H2,1-4H3,(H,15,16,17). The lowest BCUT2D eigenvalue weighted by atomic mass is 10.1. The van der Waals surface area contributed by atoms with Crippen molar-refractivity contribution in [3.05, 3.63) is 11.9 Å². The van der Waals surface area contributed by atoms with Crippen molar-refractivity contribution < 1.29 is 9.47 Å². The highest BCUT2D eigenvalue weighted by Crippen LogP contribution is 2.12. The van der Waals surface area contributed by atoms with Gasteiger partial charge >= 0.3 is 0 Å². The maximum atomic E-state index is 5.54. The molecule has 0 aromatic carbocycles. The van der Waals surface area contributed by atoms with Crippen molar-refractivity contribution in [3.8, 4) is 5.88 Å². The van der Waals surface area contributed by atoms with E-state index in [9.17, 15) is 0 Å². The number of nitrogens with zero attached hydrogens (tertiary/aromatic N) is 2. The van der Waals surface area contributed by atoms with Gasteiger partial charge in [0.2, 0.25) is 5.88 Å². The van der Waals surface area contributed by atoms with Gasteiger partial charge in [0.1, 0.15) is 11.6 Å². The number of rotatable bonds is 9. The minimum absolute atomic E-state index is 0.605. The Morgan fingerprint density at radius 1 is 1.26 bits per heavy atom. The molecule has 0 saturated heterocycles. The van der Waals surface area contributed by atoms with E-state index in [0.29, 0.717) is 30.8 Å². The SMILES string of the molecule is CCOc1cc(NCCOCCC(C)C)nc(C)n1. The Morgan fingerprint density at radius 3 is 2.74 bits per heavy atom. The third-order valence-corrected chi connectivity index (χ3v) is 2.50. The molecular formula is C14H25N3O2. The number of aryl methyl sites for hydroxylation is 1. The molecule has 19 heavy (non-hydrogen) atoms. The number of nitrogens with one attached hydrogen (secondary N) is 1. The molecule has 0 saturated carbocycles. The van der Waals surface area contributed by atoms with Crippen LogP contribution in [0, 0.1) is 12.8 Å². The highest BCUT2D eigenvalue weighted by molar-refractivity contribution is 5.38. The summed E-state index contributed by atoms with van der Waals surface area (Å²) in [5, 5.41) is 3.22. The van der Waals surface area contributed by atoms with E-state index in [1.54, 1.807) is 0 Å². The average molecular weight is 267 g/mol. The molecule has 0 amide bonds. The van der Waals surface area contributed by atoms with Crippen LogP contribution in [0.5, 0.6) is 5.88 Å². The van der Waals surface area contributed by atoms with Crippen molar-refractivity contribution >= 4 is 5.82 Å². The number of aromatic nitrogens is 2. The number of anilines is 1. The second-order valence-electron chi connectivity index (χ2n) is 4.79. The average Bonchev–Trinajstić information content (AvgIpc) is 2.33. The van der Waals surface area contributed by atoms with Gasteiger partial charge in [-0.25, -0.2) is 4.98 Å². The Morgan fingerprint density at radius 2 is 2.05 bits per heavy atom. The summed E-state index contributed by atoms with van der Waals surface area (Å²) in [7, 11) is 0. The van der Waals surface area contributed by atoms with E-state index in [0.717, 1.165) is 25.4 Å². The Balaban J connectivity index is 2.28. The van der Waals surface area contributed by atoms with Crippen molar-refractivity contribution in [2.45, 2.75) is 34.1 Å². The lowest BCUT2D eigenvalue weighted by Gasteiger charge is -2.09. The molecule has 0 aliphatic heterocycles. The van der Waals surface area contributed by atoms with Gasteiger partial charge in [-0.15, -0.1) is 0 Å². The molecule has 1 N–H and O–H groups in total. The Hall–Kier alpha value is -1.36. The Bertz CT molecular complexity index is 370. The summed E-state index contributed by atoms with van der Waals surface area (Å²) in [6, 6.07) is 1.81. The third kappa shape index (κ3) is 6.96. The maximum absolute atomic E-state index is 5.54. The fourth-order valence-corrected chi connectivity index (χ4v) is 1.53. The first kappa shape index (κ1) is 15.7. The molecule has 0 atom stereocenters. The smallest absolute Gasteiger partial charge is 0.218 e. The zero-order valence-corrected chi connectivity index (χ0v) is 12.4. The van der Waals surface area contributed by atoms with E-state index in [-0.39, 0.29) is 0 Å². The van der Waals surface area contributed by atoms with E-state index in [2.05, 4.69) is 29.1 Å². The van der Waals surface area contributed by atoms with E-state index >= 15 is 0 Å². The van der Waals surface area contributed by atoms with Crippen LogP contribution in [0.4, 0.5) is 5.82 Å². The normalized spacial score (nSPS) is 10.8. The predicted molar refractivity (Wildman–Crippen MR) is 76.7 cm³/mol. The first-order valence-corrected chi connectivity index (χ1v) is 6.92. The minimum Gasteiger partial charge on any atom is -0.478 e. The molecule has 0 bridgehead atoms. The monoisotopic (exact) mass is 267 g/mol. The van der Waals surface area contributed by atoms with Crippen molar-refractivity contribution in [2.75, 3.05) is 31.7 Å². The second-order valence-corrected chi connectivity index (χ2v) is 4.79. The molecule has 0 aliphatic rings. The van der Waals surface area contributed by atoms with Gasteiger partial charge in [0.25, 0.3) is 0 Å². The molecule has 1 rings (SSSR count). The molecule has 0 unspecified atom stereocenters. The van der Waals surface area contributed by atoms with E-state index < -0.39 is 0 Å². The molecule has 1 aromatic rings. The van der Waals surface area contributed by atoms with Crippen molar-refractivity contribution in [2.24, 2.45) is 5.92 Å². The van der Waals surface area contributed by atoms with Crippen LogP contribution >= 0.6 is 0 Å². The molecule has 0 spiro atoms. The fourth-order valence-electron chi connectivity index (χ4n) is 1.53. The van der Waals surface area contributed by atoms with Gasteiger partial charge in [-0.3, -0.25) is 0 Å². The predicted octanol–water partition coefficient (Wildman–Crippen LogP) is 2.66. The van der Waals surface area contributed by atoms with Crippen LogP contribution in [0.2, 0.25) is 0 Å². The van der Waals surface area contributed by atoms with Crippen LogP contribution in [-0.2, 0) is 4.74 Å². The summed E-state index contributed by atoms with van der Waals surface area (Å²) >= 11 is 0. The molecule has 0 fully saturated rings. The zero-order chi connectivity index (χ0) is 14.1. The molecule has 5 nitrogen and oxygen atoms in total. The summed E-state index contributed by atoms with van der Waals surface area (Å²) in [5.74, 6) is 2.78. The van der Waals surface area contributed by atoms with Crippen LogP contribution in [0.15, 0.2) is 6.07 Å². The van der Waals surface area contributed by atoms with Crippen LogP contribution in [0.3, 0.4) is 0 Å². The summed E-state index contributed by atoms with van der Waals surface area (Å²) in [4.78, 5) is 8.50. The Kier molecular flexibility index (Phi) is 7.18. The molecule has 0 radical (unpaired) electrons. The van der Waals surface area contributed by atoms with Crippen LogP contribution < -0.4 is 10.1 Å². The topological polar surface area (TPSA) is 56.3 Å². The van der Waals surface area contributed by atoms with Gasteiger partial charge in [-0.1, -0.05) is 13.8 Å². The summed E-state index contributed by atoms with van der Waals surface area (Å²) in [6.07, 6.45) is 1.10. The van der Waals surface area contributed by atoms with Gasteiger partial charge in [0.15, 0.2) is 0 Å². The Labute approximate surface area is 115 Å². The van der Waals surface area contributed by atoms with Gasteiger partial charge in [0.05, 0.1) is 13.2 Å². The summed E-state index contributed by atoms with van der Waals surface area (Å²) in [5.41, 5.74) is 0. The largest absolute Gasteiger partial charge is 0.478 e. The van der Waals surface area contributed by atoms with Gasteiger partial charge in [-0.05, 0) is 26.2 Å². The zero-order valence-electron chi connectivity index (χ0n) is 12.4. The summed E-state index contributed by atoms with van der Waals surface area (Å²) in [6.45, 7) is 11.0. The van der Waals surface area contributed by atoms with Crippen molar-refractivity contribution in [3.63, 3.8) is 0 Å². The highest BCUT2D eigenvalue weighted by Gasteiger charge is 2.02. The molecule has 1 aromatic heterocycles. The quantitative estimate of drug-likeness (QED) is 0.697. The first-order valence-electron chi connectivity index (χ1n) is 6.92. The highest BCUT2D eigenvalue weighted by atomic mass is 16.5. The van der Waals surface area contributed by atoms with Gasteiger partial charge in [0, 0.05) is 19.2 Å². The molecule has 1 heterocycles. The van der Waals surface area contributed by atoms with Crippen molar-refractivity contribution in [1.29, 1.82) is 0 Å². The maximum Gasteiger partial charge on any atom is 0.218 e. The van der Waals surface area contributed by atoms with Crippen LogP contribution in [0.1, 0.15) is 33.0 Å². The molecular weight excluding hydrogens is 242 g/mol. The minimum atomic E-state index is 0.605.